The first kappa shape index (κ1) is 21.0. The van der Waals surface area contributed by atoms with Gasteiger partial charge in [-0.25, -0.2) is 0 Å². The molecule has 32 heavy (non-hydrogen) atoms. The van der Waals surface area contributed by atoms with Gasteiger partial charge in [0.05, 0.1) is 41.1 Å². The predicted molar refractivity (Wildman–Crippen MR) is 120 cm³/mol. The summed E-state index contributed by atoms with van der Waals surface area (Å²) < 4.78 is 3.57. The number of carbonyl (C=O) groups excluding carboxylic acids is 2. The number of amides is 2. The quantitative estimate of drug-likeness (QED) is 0.586. The summed E-state index contributed by atoms with van der Waals surface area (Å²) in [7, 11) is 1.86. The topological polar surface area (TPSA) is 76.3 Å². The molecule has 8 nitrogen and oxygen atoms in total. The summed E-state index contributed by atoms with van der Waals surface area (Å²) in [4.78, 5) is 30.3. The number of fused-ring (bicyclic) bond motifs is 3. The highest BCUT2D eigenvalue weighted by Crippen LogP contribution is 2.31. The summed E-state index contributed by atoms with van der Waals surface area (Å²) in [6.07, 6.45) is 2.32. The van der Waals surface area contributed by atoms with Crippen molar-refractivity contribution in [1.29, 1.82) is 0 Å². The average molecular weight is 473 g/mol. The van der Waals surface area contributed by atoms with E-state index in [2.05, 4.69) is 5.10 Å². The van der Waals surface area contributed by atoms with Crippen molar-refractivity contribution < 1.29 is 9.59 Å². The van der Waals surface area contributed by atoms with Gasteiger partial charge >= 0.3 is 0 Å². The van der Waals surface area contributed by atoms with Crippen LogP contribution in [-0.2, 0) is 33.1 Å². The van der Waals surface area contributed by atoms with Crippen LogP contribution >= 0.6 is 23.2 Å². The van der Waals surface area contributed by atoms with Gasteiger partial charge in [0.1, 0.15) is 5.69 Å². The molecule has 0 saturated heterocycles. The molecule has 5 rings (SSSR count). The molecule has 0 radical (unpaired) electrons. The van der Waals surface area contributed by atoms with Crippen LogP contribution in [0.15, 0.2) is 30.5 Å². The van der Waals surface area contributed by atoms with Crippen molar-refractivity contribution >= 4 is 35.0 Å². The zero-order valence-corrected chi connectivity index (χ0v) is 19.3. The van der Waals surface area contributed by atoms with Crippen LogP contribution in [0.5, 0.6) is 0 Å². The van der Waals surface area contributed by atoms with E-state index in [4.69, 9.17) is 28.3 Å². The molecule has 0 saturated carbocycles. The van der Waals surface area contributed by atoms with E-state index < -0.39 is 0 Å². The fourth-order valence-electron chi connectivity index (χ4n) is 4.43. The first-order valence-electron chi connectivity index (χ1n) is 10.4. The number of carbonyl (C=O) groups is 2. The van der Waals surface area contributed by atoms with Gasteiger partial charge in [0.25, 0.3) is 11.8 Å². The molecule has 1 aromatic carbocycles. The molecule has 0 N–H and O–H groups in total. The van der Waals surface area contributed by atoms with Gasteiger partial charge in [-0.1, -0.05) is 23.2 Å². The molecule has 3 aromatic rings. The van der Waals surface area contributed by atoms with Crippen molar-refractivity contribution in [1.82, 2.24) is 29.4 Å². The molecule has 2 aromatic heterocycles. The first-order chi connectivity index (χ1) is 15.3. The number of hydrogen-bond donors (Lipinski definition) is 0. The molecule has 0 bridgehead atoms. The number of nitrogens with zero attached hydrogens (tertiary/aromatic N) is 6. The molecule has 166 valence electrons. The van der Waals surface area contributed by atoms with Crippen molar-refractivity contribution in [2.75, 3.05) is 6.54 Å². The third-order valence-corrected chi connectivity index (χ3v) is 7.00. The number of halogens is 2. The molecule has 0 spiro atoms. The highest BCUT2D eigenvalue weighted by molar-refractivity contribution is 6.42. The van der Waals surface area contributed by atoms with Crippen molar-refractivity contribution in [3.63, 3.8) is 0 Å². The zero-order chi connectivity index (χ0) is 22.6. The van der Waals surface area contributed by atoms with Crippen molar-refractivity contribution in [2.45, 2.75) is 39.0 Å². The highest BCUT2D eigenvalue weighted by atomic mass is 35.5. The molecule has 1 atom stereocenters. The number of aromatic nitrogens is 4. The zero-order valence-electron chi connectivity index (χ0n) is 17.8. The lowest BCUT2D eigenvalue weighted by Gasteiger charge is -2.34. The molecule has 2 aliphatic heterocycles. The Morgan fingerprint density at radius 1 is 1.19 bits per heavy atom. The number of rotatable bonds is 3. The van der Waals surface area contributed by atoms with Gasteiger partial charge in [-0.3, -0.25) is 19.0 Å². The highest BCUT2D eigenvalue weighted by Gasteiger charge is 2.37. The maximum atomic E-state index is 13.4. The van der Waals surface area contributed by atoms with Crippen LogP contribution in [0.25, 0.3) is 0 Å². The van der Waals surface area contributed by atoms with Gasteiger partial charge in [-0.2, -0.15) is 10.2 Å². The third-order valence-electron chi connectivity index (χ3n) is 6.26. The normalized spacial score (nSPS) is 18.0. The van der Waals surface area contributed by atoms with Crippen LogP contribution in [0.2, 0.25) is 10.0 Å². The molecular weight excluding hydrogens is 451 g/mol. The van der Waals surface area contributed by atoms with Gasteiger partial charge in [0.15, 0.2) is 0 Å². The Hall–Kier alpha value is -2.84. The lowest BCUT2D eigenvalue weighted by atomic mass is 9.97. The maximum absolute atomic E-state index is 13.4. The van der Waals surface area contributed by atoms with Gasteiger partial charge in [0.2, 0.25) is 0 Å². The summed E-state index contributed by atoms with van der Waals surface area (Å²) in [5.74, 6) is -0.209. The van der Waals surface area contributed by atoms with E-state index in [-0.39, 0.29) is 17.9 Å². The summed E-state index contributed by atoms with van der Waals surface area (Å²) in [5, 5.41) is 9.64. The van der Waals surface area contributed by atoms with Crippen LogP contribution in [-0.4, -0.2) is 53.8 Å². The Balaban J connectivity index is 1.44. The van der Waals surface area contributed by atoms with Crippen molar-refractivity contribution in [3.8, 4) is 0 Å². The molecule has 0 unspecified atom stereocenters. The largest absolute Gasteiger partial charge is 0.331 e. The second-order valence-corrected chi connectivity index (χ2v) is 9.10. The monoisotopic (exact) mass is 472 g/mol. The summed E-state index contributed by atoms with van der Waals surface area (Å²) in [6.45, 7) is 4.02. The smallest absolute Gasteiger partial charge is 0.272 e. The standard InChI is InChI=1S/C22H22Cl2N6O2/c1-13-9-19-16(12-29(13)21(31)14-3-4-17(23)18(24)10-14)20-22(32)28(7-8-30(20)26-19)11-15-5-6-25-27(15)2/h3-6,10,13H,7-9,11-12H2,1-2H3/t13-/m1/s1. The van der Waals surface area contributed by atoms with E-state index in [1.807, 2.05) is 24.9 Å². The van der Waals surface area contributed by atoms with Crippen molar-refractivity contribution in [2.24, 2.45) is 7.05 Å². The summed E-state index contributed by atoms with van der Waals surface area (Å²) >= 11 is 12.1. The Kier molecular flexibility index (Phi) is 5.22. The van der Waals surface area contributed by atoms with E-state index in [0.29, 0.717) is 53.9 Å². The molecule has 2 aliphatic rings. The van der Waals surface area contributed by atoms with E-state index >= 15 is 0 Å². The molecule has 0 aliphatic carbocycles. The average Bonchev–Trinajstić information content (AvgIpc) is 3.33. The van der Waals surface area contributed by atoms with E-state index in [1.165, 1.54) is 0 Å². The molecule has 0 fully saturated rings. The van der Waals surface area contributed by atoms with Crippen LogP contribution in [0.1, 0.15) is 44.7 Å². The predicted octanol–water partition coefficient (Wildman–Crippen LogP) is 3.17. The Morgan fingerprint density at radius 3 is 2.72 bits per heavy atom. The Labute approximate surface area is 195 Å². The molecule has 2 amide bonds. The minimum absolute atomic E-state index is 0.0537. The summed E-state index contributed by atoms with van der Waals surface area (Å²) in [6, 6.07) is 6.74. The maximum Gasteiger partial charge on any atom is 0.272 e. The molecular formula is C22H22Cl2N6O2. The summed E-state index contributed by atoms with van der Waals surface area (Å²) in [5.41, 5.74) is 3.73. The Bertz CT molecular complexity index is 1230. The van der Waals surface area contributed by atoms with Gasteiger partial charge in [-0.15, -0.1) is 0 Å². The number of aryl methyl sites for hydroxylation is 1. The van der Waals surface area contributed by atoms with E-state index in [9.17, 15) is 9.59 Å². The van der Waals surface area contributed by atoms with E-state index in [1.54, 1.807) is 38.7 Å². The second kappa shape index (κ2) is 7.94. The molecule has 10 heteroatoms. The van der Waals surface area contributed by atoms with Crippen LogP contribution in [0.3, 0.4) is 0 Å². The lowest BCUT2D eigenvalue weighted by Crippen LogP contribution is -2.44. The van der Waals surface area contributed by atoms with Gasteiger partial charge in [0, 0.05) is 43.4 Å². The second-order valence-electron chi connectivity index (χ2n) is 8.28. The van der Waals surface area contributed by atoms with Crippen LogP contribution < -0.4 is 0 Å². The minimum Gasteiger partial charge on any atom is -0.331 e. The third kappa shape index (κ3) is 3.47. The SMILES string of the molecule is C[C@@H]1Cc2nn3c(c2CN1C(=O)c1ccc(Cl)c(Cl)c1)C(=O)N(Cc1ccnn1C)CC3. The fourth-order valence-corrected chi connectivity index (χ4v) is 4.73. The van der Waals surface area contributed by atoms with Gasteiger partial charge < -0.3 is 9.80 Å². The lowest BCUT2D eigenvalue weighted by molar-refractivity contribution is 0.0636. The molecule has 4 heterocycles. The number of benzene rings is 1. The van der Waals surface area contributed by atoms with Crippen LogP contribution in [0, 0.1) is 0 Å². The van der Waals surface area contributed by atoms with E-state index in [0.717, 1.165) is 17.0 Å². The van der Waals surface area contributed by atoms with Crippen molar-refractivity contribution in [3.05, 3.63) is 68.7 Å². The Morgan fingerprint density at radius 2 is 2.00 bits per heavy atom. The van der Waals surface area contributed by atoms with Gasteiger partial charge in [-0.05, 0) is 31.2 Å². The van der Waals surface area contributed by atoms with Crippen LogP contribution in [0.4, 0.5) is 0 Å². The number of hydrogen-bond acceptors (Lipinski definition) is 4. The fraction of sp³-hybridized carbons (Fsp3) is 0.364. The minimum atomic E-state index is -0.142. The first-order valence-corrected chi connectivity index (χ1v) is 11.2.